The summed E-state index contributed by atoms with van der Waals surface area (Å²) in [7, 11) is 0. The number of ether oxygens (including phenoxy) is 1. The molecule has 0 radical (unpaired) electrons. The summed E-state index contributed by atoms with van der Waals surface area (Å²) in [5.74, 6) is 2.75. The first-order valence-corrected chi connectivity index (χ1v) is 8.10. The maximum atomic E-state index is 5.87. The fourth-order valence-electron chi connectivity index (χ4n) is 2.97. The highest BCUT2D eigenvalue weighted by Gasteiger charge is 2.23. The predicted molar refractivity (Wildman–Crippen MR) is 85.3 cm³/mol. The molecule has 2 rings (SSSR count). The summed E-state index contributed by atoms with van der Waals surface area (Å²) in [6.07, 6.45) is 0.626. The van der Waals surface area contributed by atoms with E-state index in [0.717, 1.165) is 44.2 Å². The fourth-order valence-corrected chi connectivity index (χ4v) is 2.97. The molecule has 21 heavy (non-hydrogen) atoms. The largest absolute Gasteiger partial charge is 0.465 e. The van der Waals surface area contributed by atoms with Crippen molar-refractivity contribution in [2.24, 2.45) is 5.92 Å². The van der Waals surface area contributed by atoms with Gasteiger partial charge in [0, 0.05) is 25.2 Å². The molecule has 4 nitrogen and oxygen atoms in total. The highest BCUT2D eigenvalue weighted by molar-refractivity contribution is 5.21. The molecule has 4 heteroatoms. The molecule has 1 aromatic rings. The number of furan rings is 1. The molecular formula is C17H30N2O2. The quantitative estimate of drug-likeness (QED) is 0.875. The Labute approximate surface area is 128 Å². The van der Waals surface area contributed by atoms with Crippen LogP contribution in [-0.2, 0) is 17.8 Å². The van der Waals surface area contributed by atoms with Gasteiger partial charge in [-0.3, -0.25) is 4.90 Å². The van der Waals surface area contributed by atoms with Gasteiger partial charge in [0.05, 0.1) is 18.8 Å². The highest BCUT2D eigenvalue weighted by atomic mass is 16.5. The maximum absolute atomic E-state index is 5.87. The molecular weight excluding hydrogens is 264 g/mol. The summed E-state index contributed by atoms with van der Waals surface area (Å²) < 4.78 is 11.7. The van der Waals surface area contributed by atoms with Crippen LogP contribution in [-0.4, -0.2) is 36.7 Å². The van der Waals surface area contributed by atoms with Gasteiger partial charge in [0.25, 0.3) is 0 Å². The topological polar surface area (TPSA) is 37.6 Å². The van der Waals surface area contributed by atoms with Crippen LogP contribution >= 0.6 is 0 Å². The van der Waals surface area contributed by atoms with Crippen LogP contribution in [0.15, 0.2) is 10.5 Å². The molecule has 0 bridgehead atoms. The van der Waals surface area contributed by atoms with Gasteiger partial charge in [-0.2, -0.15) is 0 Å². The Morgan fingerprint density at radius 2 is 1.95 bits per heavy atom. The van der Waals surface area contributed by atoms with Crippen molar-refractivity contribution in [2.75, 3.05) is 19.6 Å². The molecule has 1 aromatic heterocycles. The molecule has 1 aliphatic heterocycles. The Kier molecular flexibility index (Phi) is 5.85. The number of rotatable bonds is 6. The molecule has 1 saturated heterocycles. The number of morpholine rings is 1. The minimum Gasteiger partial charge on any atom is -0.465 e. The molecule has 0 aromatic carbocycles. The van der Waals surface area contributed by atoms with Gasteiger partial charge < -0.3 is 14.5 Å². The fraction of sp³-hybridized carbons (Fsp3) is 0.765. The van der Waals surface area contributed by atoms with E-state index in [1.54, 1.807) is 0 Å². The summed E-state index contributed by atoms with van der Waals surface area (Å²) in [5, 5.41) is 3.43. The zero-order valence-electron chi connectivity index (χ0n) is 14.1. The zero-order valence-corrected chi connectivity index (χ0v) is 14.1. The average molecular weight is 294 g/mol. The lowest BCUT2D eigenvalue weighted by molar-refractivity contribution is -0.0705. The monoisotopic (exact) mass is 294 g/mol. The first-order chi connectivity index (χ1) is 9.94. The van der Waals surface area contributed by atoms with E-state index in [1.165, 1.54) is 5.56 Å². The Hall–Kier alpha value is -0.840. The first kappa shape index (κ1) is 16.5. The number of nitrogens with one attached hydrogen (secondary N) is 1. The van der Waals surface area contributed by atoms with Crippen LogP contribution in [0.5, 0.6) is 0 Å². The minimum absolute atomic E-state index is 0.313. The van der Waals surface area contributed by atoms with E-state index in [-0.39, 0.29) is 0 Å². The number of hydrogen-bond acceptors (Lipinski definition) is 4. The molecule has 120 valence electrons. The van der Waals surface area contributed by atoms with Crippen LogP contribution in [0.25, 0.3) is 0 Å². The summed E-state index contributed by atoms with van der Waals surface area (Å²) in [6, 6.07) is 2.20. The highest BCUT2D eigenvalue weighted by Crippen LogP contribution is 2.19. The van der Waals surface area contributed by atoms with Crippen LogP contribution in [0, 0.1) is 12.8 Å². The third-order valence-electron chi connectivity index (χ3n) is 3.81. The minimum atomic E-state index is 0.313. The van der Waals surface area contributed by atoms with Crippen LogP contribution in [0.4, 0.5) is 0 Å². The second-order valence-electron chi connectivity index (χ2n) is 6.77. The van der Waals surface area contributed by atoms with Crippen molar-refractivity contribution in [1.82, 2.24) is 10.2 Å². The van der Waals surface area contributed by atoms with Gasteiger partial charge >= 0.3 is 0 Å². The van der Waals surface area contributed by atoms with Crippen molar-refractivity contribution >= 4 is 0 Å². The van der Waals surface area contributed by atoms with Crippen molar-refractivity contribution in [3.05, 3.63) is 23.2 Å². The zero-order chi connectivity index (χ0) is 15.4. The van der Waals surface area contributed by atoms with Gasteiger partial charge in [-0.05, 0) is 39.3 Å². The molecule has 0 spiro atoms. The third kappa shape index (κ3) is 5.13. The molecule has 2 atom stereocenters. The van der Waals surface area contributed by atoms with E-state index >= 15 is 0 Å². The van der Waals surface area contributed by atoms with E-state index in [1.807, 2.05) is 0 Å². The lowest BCUT2D eigenvalue weighted by atomic mass is 10.1. The molecule has 2 heterocycles. The normalized spacial score (nSPS) is 23.9. The van der Waals surface area contributed by atoms with Gasteiger partial charge in [0.2, 0.25) is 0 Å². The second kappa shape index (κ2) is 7.43. The lowest BCUT2D eigenvalue weighted by Gasteiger charge is -2.35. The molecule has 0 unspecified atom stereocenters. The summed E-state index contributed by atoms with van der Waals surface area (Å²) in [4.78, 5) is 2.46. The third-order valence-corrected chi connectivity index (χ3v) is 3.81. The smallest absolute Gasteiger partial charge is 0.118 e. The van der Waals surface area contributed by atoms with Gasteiger partial charge in [-0.1, -0.05) is 13.8 Å². The van der Waals surface area contributed by atoms with Crippen LogP contribution in [0.2, 0.25) is 0 Å². The van der Waals surface area contributed by atoms with Crippen molar-refractivity contribution in [2.45, 2.75) is 59.9 Å². The molecule has 1 fully saturated rings. The standard InChI is InChI=1S/C17H30N2O2/c1-12(2)7-18-8-17-6-16(15(5)21-17)11-19-9-13(3)20-14(4)10-19/h6,12-14,18H,7-11H2,1-5H3/t13-,14+. The predicted octanol–water partition coefficient (Wildman–Crippen LogP) is 2.94. The molecule has 1 aliphatic rings. The van der Waals surface area contributed by atoms with Gasteiger partial charge in [0.1, 0.15) is 11.5 Å². The van der Waals surface area contributed by atoms with E-state index in [4.69, 9.17) is 9.15 Å². The van der Waals surface area contributed by atoms with Gasteiger partial charge in [-0.25, -0.2) is 0 Å². The summed E-state index contributed by atoms with van der Waals surface area (Å²) in [6.45, 7) is 15.6. The summed E-state index contributed by atoms with van der Waals surface area (Å²) in [5.41, 5.74) is 1.30. The van der Waals surface area contributed by atoms with Crippen LogP contribution < -0.4 is 5.32 Å². The van der Waals surface area contributed by atoms with Crippen molar-refractivity contribution in [3.8, 4) is 0 Å². The van der Waals surface area contributed by atoms with Crippen molar-refractivity contribution in [1.29, 1.82) is 0 Å². The molecule has 0 amide bonds. The number of aryl methyl sites for hydroxylation is 1. The van der Waals surface area contributed by atoms with Gasteiger partial charge in [-0.15, -0.1) is 0 Å². The van der Waals surface area contributed by atoms with E-state index in [9.17, 15) is 0 Å². The number of nitrogens with zero attached hydrogens (tertiary/aromatic N) is 1. The van der Waals surface area contributed by atoms with Crippen molar-refractivity contribution in [3.63, 3.8) is 0 Å². The van der Waals surface area contributed by atoms with E-state index < -0.39 is 0 Å². The van der Waals surface area contributed by atoms with E-state index in [0.29, 0.717) is 18.1 Å². The molecule has 1 N–H and O–H groups in total. The van der Waals surface area contributed by atoms with E-state index in [2.05, 4.69) is 50.9 Å². The van der Waals surface area contributed by atoms with Crippen LogP contribution in [0.1, 0.15) is 44.8 Å². The Balaban J connectivity index is 1.89. The summed E-state index contributed by atoms with van der Waals surface area (Å²) >= 11 is 0. The molecule has 0 aliphatic carbocycles. The second-order valence-corrected chi connectivity index (χ2v) is 6.77. The Bertz CT molecular complexity index is 432. The number of hydrogen-bond donors (Lipinski definition) is 1. The first-order valence-electron chi connectivity index (χ1n) is 8.10. The SMILES string of the molecule is Cc1oc(CNCC(C)C)cc1CN1C[C@@H](C)O[C@@H](C)C1. The lowest BCUT2D eigenvalue weighted by Crippen LogP contribution is -2.44. The van der Waals surface area contributed by atoms with Crippen LogP contribution in [0.3, 0.4) is 0 Å². The Morgan fingerprint density at radius 1 is 1.29 bits per heavy atom. The molecule has 0 saturated carbocycles. The van der Waals surface area contributed by atoms with Crippen molar-refractivity contribution < 1.29 is 9.15 Å². The average Bonchev–Trinajstić information content (AvgIpc) is 2.68. The van der Waals surface area contributed by atoms with Gasteiger partial charge in [0.15, 0.2) is 0 Å². The maximum Gasteiger partial charge on any atom is 0.118 e. The Morgan fingerprint density at radius 3 is 2.57 bits per heavy atom.